The van der Waals surface area contributed by atoms with Crippen molar-refractivity contribution in [2.45, 2.75) is 24.9 Å². The highest BCUT2D eigenvalue weighted by molar-refractivity contribution is 5.81. The van der Waals surface area contributed by atoms with Gasteiger partial charge in [0.05, 0.1) is 6.04 Å². The molecule has 1 aromatic rings. The molecule has 1 fully saturated rings. The molecule has 1 heterocycles. The van der Waals surface area contributed by atoms with Crippen LogP contribution in [0.4, 0.5) is 4.39 Å². The van der Waals surface area contributed by atoms with E-state index >= 15 is 0 Å². The Labute approximate surface area is 112 Å². The minimum absolute atomic E-state index is 0.0260. The first-order valence-corrected chi connectivity index (χ1v) is 6.60. The van der Waals surface area contributed by atoms with Gasteiger partial charge in [0.2, 0.25) is 5.91 Å². The first-order valence-electron chi connectivity index (χ1n) is 6.60. The fourth-order valence-corrected chi connectivity index (χ4v) is 2.76. The molecule has 0 spiro atoms. The lowest BCUT2D eigenvalue weighted by Gasteiger charge is -2.31. The van der Waals surface area contributed by atoms with Crippen LogP contribution in [0.25, 0.3) is 0 Å². The molecule has 1 amide bonds. The third kappa shape index (κ3) is 2.93. The molecule has 0 aliphatic carbocycles. The second-order valence-electron chi connectivity index (χ2n) is 4.81. The highest BCUT2D eigenvalue weighted by atomic mass is 19.1. The quantitative estimate of drug-likeness (QED) is 0.855. The summed E-state index contributed by atoms with van der Waals surface area (Å²) in [5.74, 6) is -0.234. The number of hydrogen-bond acceptors (Lipinski definition) is 3. The van der Waals surface area contributed by atoms with Crippen LogP contribution in [0.5, 0.6) is 0 Å². The fourth-order valence-electron chi connectivity index (χ4n) is 2.76. The van der Waals surface area contributed by atoms with E-state index in [-0.39, 0.29) is 23.8 Å². The predicted molar refractivity (Wildman–Crippen MR) is 72.0 cm³/mol. The second-order valence-corrected chi connectivity index (χ2v) is 4.81. The third-order valence-electron chi connectivity index (χ3n) is 3.72. The molecule has 0 radical (unpaired) electrons. The van der Waals surface area contributed by atoms with Gasteiger partial charge in [0, 0.05) is 19.6 Å². The molecule has 2 rings (SSSR count). The van der Waals surface area contributed by atoms with Crippen molar-refractivity contribution in [1.82, 2.24) is 10.2 Å². The Morgan fingerprint density at radius 1 is 1.53 bits per heavy atom. The monoisotopic (exact) mass is 265 g/mol. The van der Waals surface area contributed by atoms with E-state index in [1.807, 2.05) is 0 Å². The number of carbonyl (C=O) groups excluding carboxylic acids is 1. The van der Waals surface area contributed by atoms with Crippen LogP contribution in [-0.4, -0.2) is 37.0 Å². The molecular weight excluding hydrogens is 245 g/mol. The molecular formula is C14H20FN3O. The first-order chi connectivity index (χ1) is 9.17. The van der Waals surface area contributed by atoms with Gasteiger partial charge in [-0.2, -0.15) is 0 Å². The SMILES string of the molecule is CNC(=O)C1CCCN1C(CN)c1ccc(F)cc1. The van der Waals surface area contributed by atoms with Crippen LogP contribution in [-0.2, 0) is 4.79 Å². The van der Waals surface area contributed by atoms with Gasteiger partial charge in [0.25, 0.3) is 0 Å². The summed E-state index contributed by atoms with van der Waals surface area (Å²) >= 11 is 0. The van der Waals surface area contributed by atoms with E-state index in [1.54, 1.807) is 19.2 Å². The predicted octanol–water partition coefficient (Wildman–Crippen LogP) is 1.04. The molecule has 2 atom stereocenters. The van der Waals surface area contributed by atoms with Gasteiger partial charge in [-0.25, -0.2) is 4.39 Å². The number of amides is 1. The Kier molecular flexibility index (Phi) is 4.50. The van der Waals surface area contributed by atoms with Crippen molar-refractivity contribution >= 4 is 5.91 Å². The van der Waals surface area contributed by atoms with E-state index in [4.69, 9.17) is 5.73 Å². The average molecular weight is 265 g/mol. The minimum Gasteiger partial charge on any atom is -0.358 e. The summed E-state index contributed by atoms with van der Waals surface area (Å²) in [7, 11) is 1.65. The van der Waals surface area contributed by atoms with Gasteiger partial charge in [0.1, 0.15) is 5.82 Å². The van der Waals surface area contributed by atoms with Crippen molar-refractivity contribution in [2.24, 2.45) is 5.73 Å². The van der Waals surface area contributed by atoms with Gasteiger partial charge < -0.3 is 11.1 Å². The molecule has 1 aliphatic rings. The molecule has 0 aromatic heterocycles. The Balaban J connectivity index is 2.21. The molecule has 104 valence electrons. The van der Waals surface area contributed by atoms with Crippen molar-refractivity contribution < 1.29 is 9.18 Å². The number of benzene rings is 1. The Morgan fingerprint density at radius 3 is 2.79 bits per heavy atom. The van der Waals surface area contributed by atoms with Crippen LogP contribution in [0.3, 0.4) is 0 Å². The second kappa shape index (κ2) is 6.12. The van der Waals surface area contributed by atoms with Gasteiger partial charge >= 0.3 is 0 Å². The molecule has 1 aromatic carbocycles. The summed E-state index contributed by atoms with van der Waals surface area (Å²) in [6.07, 6.45) is 1.83. The molecule has 0 bridgehead atoms. The lowest BCUT2D eigenvalue weighted by Crippen LogP contribution is -2.45. The lowest BCUT2D eigenvalue weighted by molar-refractivity contribution is -0.125. The van der Waals surface area contributed by atoms with E-state index in [0.29, 0.717) is 6.54 Å². The number of halogens is 1. The number of likely N-dealkylation sites (tertiary alicyclic amines) is 1. The standard InChI is InChI=1S/C14H20FN3O/c1-17-14(19)12-3-2-8-18(12)13(9-16)10-4-6-11(15)7-5-10/h4-7,12-13H,2-3,8-9,16H2,1H3,(H,17,19). The molecule has 19 heavy (non-hydrogen) atoms. The highest BCUT2D eigenvalue weighted by Gasteiger charge is 2.34. The summed E-state index contributed by atoms with van der Waals surface area (Å²) in [5.41, 5.74) is 6.82. The maximum absolute atomic E-state index is 13.0. The number of nitrogens with zero attached hydrogens (tertiary/aromatic N) is 1. The highest BCUT2D eigenvalue weighted by Crippen LogP contribution is 2.29. The molecule has 1 aliphatic heterocycles. The largest absolute Gasteiger partial charge is 0.358 e. The molecule has 2 unspecified atom stereocenters. The number of likely N-dealkylation sites (N-methyl/N-ethyl adjacent to an activating group) is 1. The van der Waals surface area contributed by atoms with E-state index in [2.05, 4.69) is 10.2 Å². The zero-order valence-electron chi connectivity index (χ0n) is 11.1. The van der Waals surface area contributed by atoms with Gasteiger partial charge in [-0.15, -0.1) is 0 Å². The Morgan fingerprint density at radius 2 is 2.21 bits per heavy atom. The summed E-state index contributed by atoms with van der Waals surface area (Å²) in [5, 5.41) is 2.70. The zero-order valence-corrected chi connectivity index (χ0v) is 11.1. The van der Waals surface area contributed by atoms with Crippen molar-refractivity contribution in [2.75, 3.05) is 20.1 Å². The smallest absolute Gasteiger partial charge is 0.237 e. The van der Waals surface area contributed by atoms with Gasteiger partial charge in [-0.3, -0.25) is 9.69 Å². The van der Waals surface area contributed by atoms with E-state index < -0.39 is 0 Å². The van der Waals surface area contributed by atoms with Crippen LogP contribution >= 0.6 is 0 Å². The number of carbonyl (C=O) groups is 1. The molecule has 1 saturated heterocycles. The Bertz CT molecular complexity index is 435. The maximum atomic E-state index is 13.0. The normalized spacial score (nSPS) is 21.3. The van der Waals surface area contributed by atoms with Crippen LogP contribution in [0.15, 0.2) is 24.3 Å². The van der Waals surface area contributed by atoms with E-state index in [1.165, 1.54) is 12.1 Å². The maximum Gasteiger partial charge on any atom is 0.237 e. The van der Waals surface area contributed by atoms with E-state index in [9.17, 15) is 9.18 Å². The number of nitrogens with one attached hydrogen (secondary N) is 1. The number of rotatable bonds is 4. The Hall–Kier alpha value is -1.46. The number of nitrogens with two attached hydrogens (primary N) is 1. The molecule has 4 nitrogen and oxygen atoms in total. The van der Waals surface area contributed by atoms with Gasteiger partial charge in [-0.1, -0.05) is 12.1 Å². The summed E-state index contributed by atoms with van der Waals surface area (Å²) < 4.78 is 13.0. The summed E-state index contributed by atoms with van der Waals surface area (Å²) in [4.78, 5) is 14.0. The summed E-state index contributed by atoms with van der Waals surface area (Å²) in [6, 6.07) is 6.18. The van der Waals surface area contributed by atoms with E-state index in [0.717, 1.165) is 24.9 Å². The third-order valence-corrected chi connectivity index (χ3v) is 3.72. The lowest BCUT2D eigenvalue weighted by atomic mass is 10.0. The van der Waals surface area contributed by atoms with Crippen LogP contribution < -0.4 is 11.1 Å². The molecule has 5 heteroatoms. The van der Waals surface area contributed by atoms with Crippen LogP contribution in [0.2, 0.25) is 0 Å². The van der Waals surface area contributed by atoms with Gasteiger partial charge in [-0.05, 0) is 37.1 Å². The number of hydrogen-bond donors (Lipinski definition) is 2. The van der Waals surface area contributed by atoms with Crippen molar-refractivity contribution in [1.29, 1.82) is 0 Å². The topological polar surface area (TPSA) is 58.4 Å². The van der Waals surface area contributed by atoms with Gasteiger partial charge in [0.15, 0.2) is 0 Å². The van der Waals surface area contributed by atoms with Crippen LogP contribution in [0.1, 0.15) is 24.4 Å². The first kappa shape index (κ1) is 14.0. The average Bonchev–Trinajstić information content (AvgIpc) is 2.90. The molecule has 0 saturated carbocycles. The van der Waals surface area contributed by atoms with Crippen molar-refractivity contribution in [3.63, 3.8) is 0 Å². The zero-order chi connectivity index (χ0) is 13.8. The molecule has 3 N–H and O–H groups in total. The summed E-state index contributed by atoms with van der Waals surface area (Å²) in [6.45, 7) is 1.26. The van der Waals surface area contributed by atoms with Crippen molar-refractivity contribution in [3.8, 4) is 0 Å². The van der Waals surface area contributed by atoms with Crippen molar-refractivity contribution in [3.05, 3.63) is 35.6 Å². The minimum atomic E-state index is -0.260. The van der Waals surface area contributed by atoms with Crippen LogP contribution in [0, 0.1) is 5.82 Å². The fraction of sp³-hybridized carbons (Fsp3) is 0.500.